The molecule has 0 spiro atoms. The van der Waals surface area contributed by atoms with E-state index < -0.39 is 29.8 Å². The van der Waals surface area contributed by atoms with E-state index >= 15 is 0 Å². The zero-order chi connectivity index (χ0) is 26.9. The minimum absolute atomic E-state index is 0.00494. The van der Waals surface area contributed by atoms with Gasteiger partial charge in [-0.15, -0.1) is 0 Å². The number of nitrogens with zero attached hydrogens (tertiary/aromatic N) is 1. The smallest absolute Gasteiger partial charge is 0.331 e. The highest BCUT2D eigenvalue weighted by atomic mass is 16.5. The third kappa shape index (κ3) is 4.55. The third-order valence-corrected chi connectivity index (χ3v) is 6.30. The largest absolute Gasteiger partial charge is 0.460 e. The van der Waals surface area contributed by atoms with Crippen molar-refractivity contribution in [1.29, 1.82) is 0 Å². The third-order valence-electron chi connectivity index (χ3n) is 6.30. The van der Waals surface area contributed by atoms with Crippen LogP contribution in [0.25, 0.3) is 22.1 Å². The average Bonchev–Trinajstić information content (AvgIpc) is 3.20. The number of hydrogen-bond acceptors (Lipinski definition) is 7. The number of fused-ring (bicyclic) bond motifs is 2. The van der Waals surface area contributed by atoms with Gasteiger partial charge in [0, 0.05) is 6.07 Å². The van der Waals surface area contributed by atoms with Crippen LogP contribution in [0.4, 0.5) is 0 Å². The van der Waals surface area contributed by atoms with Gasteiger partial charge in [-0.1, -0.05) is 54.6 Å². The summed E-state index contributed by atoms with van der Waals surface area (Å²) in [6.45, 7) is -0.551. The molecule has 0 saturated heterocycles. The molecule has 1 aromatic heterocycles. The van der Waals surface area contributed by atoms with Gasteiger partial charge in [0.15, 0.2) is 0 Å². The number of hydrogen-bond donors (Lipinski definition) is 0. The summed E-state index contributed by atoms with van der Waals surface area (Å²) >= 11 is 0. The number of carbonyl (C=O) groups excluding carboxylic acids is 3. The molecule has 0 atom stereocenters. The Balaban J connectivity index is 1.15. The fourth-order valence-electron chi connectivity index (χ4n) is 4.37. The molecule has 4 aromatic carbocycles. The van der Waals surface area contributed by atoms with E-state index in [2.05, 4.69) is 0 Å². The van der Waals surface area contributed by atoms with Crippen molar-refractivity contribution >= 4 is 28.8 Å². The van der Waals surface area contributed by atoms with Gasteiger partial charge >= 0.3 is 5.97 Å². The lowest BCUT2D eigenvalue weighted by atomic mass is 10.1. The highest BCUT2D eigenvalue weighted by Gasteiger charge is 2.36. The minimum atomic E-state index is -0.815. The first kappa shape index (κ1) is 23.9. The van der Waals surface area contributed by atoms with Crippen LogP contribution in [0, 0.1) is 0 Å². The number of carbonyl (C=O) groups is 3. The maximum Gasteiger partial charge on any atom is 0.331 e. The summed E-state index contributed by atoms with van der Waals surface area (Å²) in [4.78, 5) is 51.3. The van der Waals surface area contributed by atoms with E-state index in [4.69, 9.17) is 13.9 Å². The van der Waals surface area contributed by atoms with Gasteiger partial charge in [0.1, 0.15) is 29.9 Å². The molecule has 1 aliphatic rings. The van der Waals surface area contributed by atoms with E-state index in [-0.39, 0.29) is 33.6 Å². The Morgan fingerprint density at radius 3 is 2.03 bits per heavy atom. The van der Waals surface area contributed by atoms with Gasteiger partial charge in [-0.25, -0.2) is 4.79 Å². The summed E-state index contributed by atoms with van der Waals surface area (Å²) in [5.74, 6) is -1.36. The van der Waals surface area contributed by atoms with E-state index in [0.717, 1.165) is 16.0 Å². The Hall–Kier alpha value is -5.50. The van der Waals surface area contributed by atoms with Gasteiger partial charge in [0.25, 0.3) is 11.8 Å². The molecule has 0 radical (unpaired) electrons. The quantitative estimate of drug-likeness (QED) is 0.168. The topological polar surface area (TPSA) is 103 Å². The molecular weight excluding hydrogens is 498 g/mol. The molecular formula is C31H19NO7. The second kappa shape index (κ2) is 9.75. The van der Waals surface area contributed by atoms with Crippen LogP contribution in [0.5, 0.6) is 17.2 Å². The Bertz CT molecular complexity index is 1770. The predicted octanol–water partition coefficient (Wildman–Crippen LogP) is 5.45. The Morgan fingerprint density at radius 2 is 1.33 bits per heavy atom. The van der Waals surface area contributed by atoms with Gasteiger partial charge in [-0.05, 0) is 47.5 Å². The Morgan fingerprint density at radius 1 is 0.718 bits per heavy atom. The van der Waals surface area contributed by atoms with Crippen LogP contribution in [-0.4, -0.2) is 29.2 Å². The van der Waals surface area contributed by atoms with Gasteiger partial charge in [0.2, 0.25) is 11.2 Å². The van der Waals surface area contributed by atoms with Crippen molar-refractivity contribution in [2.75, 3.05) is 6.54 Å². The number of benzene rings is 4. The lowest BCUT2D eigenvalue weighted by molar-refractivity contribution is -0.134. The van der Waals surface area contributed by atoms with Crippen LogP contribution in [0.15, 0.2) is 113 Å². The van der Waals surface area contributed by atoms with Crippen LogP contribution < -0.4 is 14.9 Å². The number of ether oxygens (including phenoxy) is 2. The Labute approximate surface area is 221 Å². The van der Waals surface area contributed by atoms with E-state index in [0.29, 0.717) is 5.75 Å². The van der Waals surface area contributed by atoms with Gasteiger partial charge < -0.3 is 13.9 Å². The molecule has 2 heterocycles. The van der Waals surface area contributed by atoms with Crippen LogP contribution >= 0.6 is 0 Å². The number of imide groups is 1. The summed E-state index contributed by atoms with van der Waals surface area (Å²) in [5, 5.41) is 0.230. The first-order valence-corrected chi connectivity index (χ1v) is 12.0. The van der Waals surface area contributed by atoms with Crippen molar-refractivity contribution in [3.05, 3.63) is 125 Å². The maximum atomic E-state index is 13.0. The molecule has 0 unspecified atom stereocenters. The lowest BCUT2D eigenvalue weighted by Crippen LogP contribution is -2.36. The molecule has 39 heavy (non-hydrogen) atoms. The zero-order valence-electron chi connectivity index (χ0n) is 20.3. The normalized spacial score (nSPS) is 12.5. The maximum absolute atomic E-state index is 13.0. The summed E-state index contributed by atoms with van der Waals surface area (Å²) in [6, 6.07) is 27.8. The zero-order valence-corrected chi connectivity index (χ0v) is 20.3. The number of esters is 1. The predicted molar refractivity (Wildman–Crippen MR) is 142 cm³/mol. The average molecular weight is 517 g/mol. The van der Waals surface area contributed by atoms with Crippen molar-refractivity contribution in [2.45, 2.75) is 0 Å². The van der Waals surface area contributed by atoms with E-state index in [9.17, 15) is 19.2 Å². The lowest BCUT2D eigenvalue weighted by Gasteiger charge is -2.13. The van der Waals surface area contributed by atoms with Crippen LogP contribution in [0.1, 0.15) is 20.7 Å². The summed E-state index contributed by atoms with van der Waals surface area (Å²) < 4.78 is 16.7. The summed E-state index contributed by atoms with van der Waals surface area (Å²) in [5.41, 5.74) is 2.35. The van der Waals surface area contributed by atoms with Crippen molar-refractivity contribution in [1.82, 2.24) is 4.90 Å². The molecule has 0 bridgehead atoms. The number of rotatable bonds is 6. The fourth-order valence-corrected chi connectivity index (χ4v) is 4.37. The van der Waals surface area contributed by atoms with Crippen molar-refractivity contribution in [2.24, 2.45) is 0 Å². The molecule has 5 aromatic rings. The van der Waals surface area contributed by atoms with Crippen molar-refractivity contribution in [3.8, 4) is 28.4 Å². The second-order valence-electron chi connectivity index (χ2n) is 8.80. The van der Waals surface area contributed by atoms with Crippen molar-refractivity contribution in [3.63, 3.8) is 0 Å². The monoisotopic (exact) mass is 517 g/mol. The van der Waals surface area contributed by atoms with E-state index in [1.165, 1.54) is 36.6 Å². The highest BCUT2D eigenvalue weighted by Crippen LogP contribution is 2.27. The van der Waals surface area contributed by atoms with Crippen molar-refractivity contribution < 1.29 is 28.3 Å². The standard InChI is InChI=1S/C31H19NO7/c33-28(17-32-30(35)23-8-4-5-9-24(23)31(32)36)39-22-14-15-25-26(16-22)37-18-27(29(25)34)38-21-12-10-20(11-13-21)19-6-2-1-3-7-19/h1-16,18H,17H2. The van der Waals surface area contributed by atoms with Gasteiger partial charge in [0.05, 0.1) is 16.5 Å². The van der Waals surface area contributed by atoms with Gasteiger partial charge in [-0.3, -0.25) is 19.3 Å². The molecule has 8 heteroatoms. The van der Waals surface area contributed by atoms with Gasteiger partial charge in [-0.2, -0.15) is 0 Å². The van der Waals surface area contributed by atoms with Crippen LogP contribution in [0.2, 0.25) is 0 Å². The highest BCUT2D eigenvalue weighted by molar-refractivity contribution is 6.22. The molecule has 6 rings (SSSR count). The SMILES string of the molecule is O=C(CN1C(=O)c2ccccc2C1=O)Oc1ccc2c(=O)c(Oc3ccc(-c4ccccc4)cc3)coc2c1. The molecule has 190 valence electrons. The molecule has 8 nitrogen and oxygen atoms in total. The van der Waals surface area contributed by atoms with E-state index in [1.54, 1.807) is 24.3 Å². The summed E-state index contributed by atoms with van der Waals surface area (Å²) in [6.07, 6.45) is 1.19. The fraction of sp³-hybridized carbons (Fsp3) is 0.0323. The van der Waals surface area contributed by atoms with E-state index in [1.807, 2.05) is 42.5 Å². The Kier molecular flexibility index (Phi) is 5.97. The molecule has 0 saturated carbocycles. The molecule has 1 aliphatic heterocycles. The molecule has 0 fully saturated rings. The number of amides is 2. The van der Waals surface area contributed by atoms with Crippen LogP contribution in [-0.2, 0) is 4.79 Å². The summed E-state index contributed by atoms with van der Waals surface area (Å²) in [7, 11) is 0. The molecule has 0 N–H and O–H groups in total. The first-order valence-electron chi connectivity index (χ1n) is 12.0. The van der Waals surface area contributed by atoms with Crippen LogP contribution in [0.3, 0.4) is 0 Å². The minimum Gasteiger partial charge on any atom is -0.460 e. The first-order chi connectivity index (χ1) is 19.0. The second-order valence-corrected chi connectivity index (χ2v) is 8.80. The molecule has 2 amide bonds. The molecule has 0 aliphatic carbocycles.